The molecular formula is C25H24N2O3. The Morgan fingerprint density at radius 1 is 1.00 bits per heavy atom. The van der Waals surface area contributed by atoms with Crippen LogP contribution in [0.5, 0.6) is 5.75 Å². The summed E-state index contributed by atoms with van der Waals surface area (Å²) in [5.74, 6) is 1.01. The highest BCUT2D eigenvalue weighted by Gasteiger charge is 2.13. The van der Waals surface area contributed by atoms with E-state index in [1.54, 1.807) is 12.1 Å². The average Bonchev–Trinajstić information content (AvgIpc) is 3.13. The molecule has 152 valence electrons. The highest BCUT2D eigenvalue weighted by Crippen LogP contribution is 2.29. The van der Waals surface area contributed by atoms with Gasteiger partial charge in [-0.3, -0.25) is 4.79 Å². The molecule has 0 aliphatic carbocycles. The molecular weight excluding hydrogens is 376 g/mol. The van der Waals surface area contributed by atoms with Gasteiger partial charge in [-0.05, 0) is 86.8 Å². The third-order valence-electron chi connectivity index (χ3n) is 5.14. The predicted molar refractivity (Wildman–Crippen MR) is 119 cm³/mol. The molecule has 0 aliphatic heterocycles. The van der Waals surface area contributed by atoms with Crippen molar-refractivity contribution >= 4 is 22.7 Å². The fourth-order valence-electron chi connectivity index (χ4n) is 3.28. The van der Waals surface area contributed by atoms with Crippen LogP contribution < -0.4 is 10.1 Å². The van der Waals surface area contributed by atoms with E-state index in [0.717, 1.165) is 27.8 Å². The molecule has 0 radical (unpaired) electrons. The van der Waals surface area contributed by atoms with Gasteiger partial charge in [0, 0.05) is 16.8 Å². The zero-order valence-electron chi connectivity index (χ0n) is 17.6. The summed E-state index contributed by atoms with van der Waals surface area (Å²) >= 11 is 0. The van der Waals surface area contributed by atoms with Crippen molar-refractivity contribution in [3.05, 3.63) is 76.9 Å². The maximum Gasteiger partial charge on any atom is 0.255 e. The van der Waals surface area contributed by atoms with Crippen molar-refractivity contribution in [2.75, 3.05) is 11.9 Å². The first kappa shape index (κ1) is 19.7. The first-order valence-electron chi connectivity index (χ1n) is 9.97. The number of carbonyl (C=O) groups is 1. The Hall–Kier alpha value is -3.60. The van der Waals surface area contributed by atoms with E-state index in [9.17, 15) is 4.79 Å². The average molecular weight is 400 g/mol. The van der Waals surface area contributed by atoms with E-state index in [-0.39, 0.29) is 5.91 Å². The molecule has 0 aliphatic rings. The second-order valence-electron chi connectivity index (χ2n) is 7.37. The number of fused-ring (bicyclic) bond motifs is 1. The number of nitrogens with zero attached hydrogens (tertiary/aromatic N) is 1. The molecule has 3 aromatic carbocycles. The molecule has 0 atom stereocenters. The van der Waals surface area contributed by atoms with Crippen molar-refractivity contribution in [2.45, 2.75) is 27.7 Å². The number of nitrogens with one attached hydrogen (secondary N) is 1. The number of aryl methyl sites for hydroxylation is 3. The van der Waals surface area contributed by atoms with Gasteiger partial charge in [-0.1, -0.05) is 12.1 Å². The molecule has 0 saturated carbocycles. The first-order chi connectivity index (χ1) is 14.4. The van der Waals surface area contributed by atoms with E-state index >= 15 is 0 Å². The molecule has 1 N–H and O–H groups in total. The Labute approximate surface area is 175 Å². The number of amides is 1. The Morgan fingerprint density at radius 3 is 2.60 bits per heavy atom. The molecule has 5 heteroatoms. The van der Waals surface area contributed by atoms with Crippen LogP contribution in [-0.2, 0) is 0 Å². The lowest BCUT2D eigenvalue weighted by Crippen LogP contribution is -2.13. The number of rotatable bonds is 5. The SMILES string of the molecule is CCOc1cccc(C(=O)Nc2cc(-c3nc4cc(C)c(C)cc4o3)ccc2C)c1. The first-order valence-corrected chi connectivity index (χ1v) is 9.97. The minimum absolute atomic E-state index is 0.194. The molecule has 4 aromatic rings. The molecule has 0 spiro atoms. The minimum atomic E-state index is -0.194. The van der Waals surface area contributed by atoms with Crippen molar-refractivity contribution in [2.24, 2.45) is 0 Å². The van der Waals surface area contributed by atoms with E-state index in [1.807, 2.05) is 56.3 Å². The topological polar surface area (TPSA) is 64.4 Å². The molecule has 1 aromatic heterocycles. The molecule has 1 amide bonds. The lowest BCUT2D eigenvalue weighted by Gasteiger charge is -2.11. The number of oxazole rings is 1. The van der Waals surface area contributed by atoms with Crippen LogP contribution in [0.1, 0.15) is 34.0 Å². The van der Waals surface area contributed by atoms with Crippen LogP contribution in [0.4, 0.5) is 5.69 Å². The Balaban J connectivity index is 1.64. The van der Waals surface area contributed by atoms with Crippen molar-refractivity contribution in [3.8, 4) is 17.2 Å². The normalized spacial score (nSPS) is 10.9. The number of benzene rings is 3. The van der Waals surface area contributed by atoms with Crippen LogP contribution >= 0.6 is 0 Å². The van der Waals surface area contributed by atoms with Gasteiger partial charge in [0.05, 0.1) is 6.61 Å². The lowest BCUT2D eigenvalue weighted by molar-refractivity contribution is 0.102. The fourth-order valence-corrected chi connectivity index (χ4v) is 3.28. The van der Waals surface area contributed by atoms with Crippen molar-refractivity contribution in [1.82, 2.24) is 4.98 Å². The van der Waals surface area contributed by atoms with E-state index in [4.69, 9.17) is 9.15 Å². The van der Waals surface area contributed by atoms with Gasteiger partial charge < -0.3 is 14.5 Å². The van der Waals surface area contributed by atoms with Crippen molar-refractivity contribution in [1.29, 1.82) is 0 Å². The Kier molecular flexibility index (Phi) is 5.27. The summed E-state index contributed by atoms with van der Waals surface area (Å²) in [5.41, 5.74) is 6.94. The summed E-state index contributed by atoms with van der Waals surface area (Å²) in [7, 11) is 0. The molecule has 4 rings (SSSR count). The minimum Gasteiger partial charge on any atom is -0.494 e. The van der Waals surface area contributed by atoms with Crippen LogP contribution in [0.15, 0.2) is 59.0 Å². The fraction of sp³-hybridized carbons (Fsp3) is 0.200. The maximum atomic E-state index is 12.8. The van der Waals surface area contributed by atoms with E-state index in [1.165, 1.54) is 5.56 Å². The second kappa shape index (κ2) is 8.03. The highest BCUT2D eigenvalue weighted by molar-refractivity contribution is 6.05. The number of carbonyl (C=O) groups excluding carboxylic acids is 1. The molecule has 0 saturated heterocycles. The zero-order valence-corrected chi connectivity index (χ0v) is 17.6. The molecule has 0 unspecified atom stereocenters. The van der Waals surface area contributed by atoms with Crippen molar-refractivity contribution < 1.29 is 13.9 Å². The van der Waals surface area contributed by atoms with Gasteiger partial charge in [-0.15, -0.1) is 0 Å². The summed E-state index contributed by atoms with van der Waals surface area (Å²) in [6, 6.07) is 17.0. The maximum absolute atomic E-state index is 12.8. The number of hydrogen-bond donors (Lipinski definition) is 1. The van der Waals surface area contributed by atoms with Gasteiger partial charge in [0.25, 0.3) is 5.91 Å². The standard InChI is InChI=1S/C25H24N2O3/c1-5-29-20-8-6-7-18(13-20)24(28)26-21-14-19(10-9-15(21)2)25-27-22-11-16(3)17(4)12-23(22)30-25/h6-14H,5H2,1-4H3,(H,26,28). The summed E-state index contributed by atoms with van der Waals surface area (Å²) < 4.78 is 11.5. The number of ether oxygens (including phenoxy) is 1. The van der Waals surface area contributed by atoms with Gasteiger partial charge >= 0.3 is 0 Å². The van der Waals surface area contributed by atoms with Crippen LogP contribution in [0.2, 0.25) is 0 Å². The second-order valence-corrected chi connectivity index (χ2v) is 7.37. The van der Waals surface area contributed by atoms with E-state index in [0.29, 0.717) is 29.5 Å². The van der Waals surface area contributed by atoms with Crippen LogP contribution in [0.3, 0.4) is 0 Å². The Morgan fingerprint density at radius 2 is 1.80 bits per heavy atom. The van der Waals surface area contributed by atoms with Gasteiger partial charge in [-0.2, -0.15) is 0 Å². The third kappa shape index (κ3) is 3.92. The van der Waals surface area contributed by atoms with Gasteiger partial charge in [-0.25, -0.2) is 4.98 Å². The smallest absolute Gasteiger partial charge is 0.255 e. The number of anilines is 1. The number of aromatic nitrogens is 1. The highest BCUT2D eigenvalue weighted by atomic mass is 16.5. The summed E-state index contributed by atoms with van der Waals surface area (Å²) in [4.78, 5) is 17.4. The zero-order chi connectivity index (χ0) is 21.3. The monoisotopic (exact) mass is 400 g/mol. The molecule has 5 nitrogen and oxygen atoms in total. The lowest BCUT2D eigenvalue weighted by atomic mass is 10.1. The molecule has 1 heterocycles. The van der Waals surface area contributed by atoms with Gasteiger partial charge in [0.2, 0.25) is 5.89 Å². The Bertz CT molecular complexity index is 1200. The summed E-state index contributed by atoms with van der Waals surface area (Å²) in [6.07, 6.45) is 0. The molecule has 0 fully saturated rings. The molecule has 30 heavy (non-hydrogen) atoms. The number of hydrogen-bond acceptors (Lipinski definition) is 4. The molecule has 0 bridgehead atoms. The van der Waals surface area contributed by atoms with Crippen LogP contribution in [0.25, 0.3) is 22.6 Å². The van der Waals surface area contributed by atoms with Crippen LogP contribution in [0, 0.1) is 20.8 Å². The predicted octanol–water partition coefficient (Wildman–Crippen LogP) is 6.07. The van der Waals surface area contributed by atoms with E-state index in [2.05, 4.69) is 24.1 Å². The van der Waals surface area contributed by atoms with Gasteiger partial charge in [0.15, 0.2) is 5.58 Å². The summed E-state index contributed by atoms with van der Waals surface area (Å²) in [5, 5.41) is 2.99. The quantitative estimate of drug-likeness (QED) is 0.441. The van der Waals surface area contributed by atoms with Gasteiger partial charge in [0.1, 0.15) is 11.3 Å². The van der Waals surface area contributed by atoms with Crippen LogP contribution in [-0.4, -0.2) is 17.5 Å². The third-order valence-corrected chi connectivity index (χ3v) is 5.14. The summed E-state index contributed by atoms with van der Waals surface area (Å²) in [6.45, 7) is 8.53. The van der Waals surface area contributed by atoms with Crippen molar-refractivity contribution in [3.63, 3.8) is 0 Å². The largest absolute Gasteiger partial charge is 0.494 e. The van der Waals surface area contributed by atoms with E-state index < -0.39 is 0 Å².